The molecular formula is C19H26N4O2. The Morgan fingerprint density at radius 2 is 2.00 bits per heavy atom. The van der Waals surface area contributed by atoms with Crippen LogP contribution in [0, 0.1) is 5.92 Å². The summed E-state index contributed by atoms with van der Waals surface area (Å²) in [6.07, 6.45) is 5.86. The van der Waals surface area contributed by atoms with Gasteiger partial charge in [0.1, 0.15) is 11.3 Å². The third-order valence-corrected chi connectivity index (χ3v) is 3.84. The maximum Gasteiger partial charge on any atom is 0.256 e. The lowest BCUT2D eigenvalue weighted by Crippen LogP contribution is -2.41. The highest BCUT2D eigenvalue weighted by molar-refractivity contribution is 5.96. The molecule has 0 aliphatic rings. The van der Waals surface area contributed by atoms with Crippen molar-refractivity contribution in [2.75, 3.05) is 20.6 Å². The number of hydrogen-bond acceptors (Lipinski definition) is 5. The molecule has 25 heavy (non-hydrogen) atoms. The number of likely N-dealkylation sites (N-methyl/N-ethyl adjacent to an activating group) is 1. The Bertz CT molecular complexity index is 674. The molecule has 6 heteroatoms. The van der Waals surface area contributed by atoms with E-state index in [1.807, 2.05) is 14.1 Å². The summed E-state index contributed by atoms with van der Waals surface area (Å²) >= 11 is 0. The Morgan fingerprint density at radius 3 is 2.64 bits per heavy atom. The Kier molecular flexibility index (Phi) is 6.89. The maximum absolute atomic E-state index is 12.6. The van der Waals surface area contributed by atoms with Gasteiger partial charge >= 0.3 is 0 Å². The first-order valence-electron chi connectivity index (χ1n) is 8.45. The van der Waals surface area contributed by atoms with Crippen LogP contribution in [0.4, 0.5) is 0 Å². The van der Waals surface area contributed by atoms with Gasteiger partial charge in [-0.3, -0.25) is 9.78 Å². The largest absolute Gasteiger partial charge is 0.437 e. The van der Waals surface area contributed by atoms with Gasteiger partial charge in [0.15, 0.2) is 0 Å². The van der Waals surface area contributed by atoms with Crippen LogP contribution < -0.4 is 10.1 Å². The number of nitrogens with zero attached hydrogens (tertiary/aromatic N) is 3. The van der Waals surface area contributed by atoms with Crippen LogP contribution in [0.5, 0.6) is 11.6 Å². The number of pyridine rings is 2. The highest BCUT2D eigenvalue weighted by Gasteiger charge is 2.18. The molecule has 0 spiro atoms. The molecule has 2 aromatic heterocycles. The molecule has 0 saturated heterocycles. The van der Waals surface area contributed by atoms with Crippen molar-refractivity contribution in [1.82, 2.24) is 20.2 Å². The summed E-state index contributed by atoms with van der Waals surface area (Å²) in [7, 11) is 4.06. The lowest BCUT2D eigenvalue weighted by Gasteiger charge is -2.26. The van der Waals surface area contributed by atoms with Crippen molar-refractivity contribution in [1.29, 1.82) is 0 Å². The number of carbonyl (C=O) groups excluding carboxylic acids is 1. The number of carbonyl (C=O) groups is 1. The molecule has 1 unspecified atom stereocenters. The number of amides is 1. The van der Waals surface area contributed by atoms with Crippen molar-refractivity contribution in [2.45, 2.75) is 26.3 Å². The molecule has 1 amide bonds. The molecule has 2 aromatic rings. The normalized spacial score (nSPS) is 12.2. The van der Waals surface area contributed by atoms with E-state index in [4.69, 9.17) is 4.74 Å². The minimum Gasteiger partial charge on any atom is -0.437 e. The molecule has 2 rings (SSSR count). The van der Waals surface area contributed by atoms with Crippen LogP contribution in [-0.2, 0) is 0 Å². The van der Waals surface area contributed by atoms with E-state index in [0.717, 1.165) is 6.42 Å². The minimum atomic E-state index is -0.192. The van der Waals surface area contributed by atoms with Gasteiger partial charge in [-0.15, -0.1) is 0 Å². The van der Waals surface area contributed by atoms with Crippen LogP contribution in [-0.4, -0.2) is 47.5 Å². The number of aromatic nitrogens is 2. The van der Waals surface area contributed by atoms with Crippen LogP contribution in [0.25, 0.3) is 0 Å². The van der Waals surface area contributed by atoms with Crippen LogP contribution >= 0.6 is 0 Å². The van der Waals surface area contributed by atoms with Crippen molar-refractivity contribution < 1.29 is 9.53 Å². The van der Waals surface area contributed by atoms with Gasteiger partial charge in [-0.25, -0.2) is 4.98 Å². The fraction of sp³-hybridized carbons (Fsp3) is 0.421. The van der Waals surface area contributed by atoms with Gasteiger partial charge < -0.3 is 15.0 Å². The van der Waals surface area contributed by atoms with E-state index in [9.17, 15) is 4.79 Å². The molecule has 2 heterocycles. The van der Waals surface area contributed by atoms with Crippen molar-refractivity contribution in [3.8, 4) is 11.6 Å². The Morgan fingerprint density at radius 1 is 1.24 bits per heavy atom. The highest BCUT2D eigenvalue weighted by Crippen LogP contribution is 2.21. The van der Waals surface area contributed by atoms with Crippen LogP contribution in [0.15, 0.2) is 42.9 Å². The lowest BCUT2D eigenvalue weighted by molar-refractivity contribution is 0.0935. The van der Waals surface area contributed by atoms with Gasteiger partial charge in [-0.1, -0.05) is 13.8 Å². The van der Waals surface area contributed by atoms with Gasteiger partial charge in [0.25, 0.3) is 5.91 Å². The van der Waals surface area contributed by atoms with E-state index in [1.54, 1.807) is 42.9 Å². The van der Waals surface area contributed by atoms with Crippen molar-refractivity contribution in [2.24, 2.45) is 5.92 Å². The monoisotopic (exact) mass is 342 g/mol. The molecule has 0 fully saturated rings. The molecular weight excluding hydrogens is 316 g/mol. The smallest absolute Gasteiger partial charge is 0.256 e. The summed E-state index contributed by atoms with van der Waals surface area (Å²) in [5.74, 6) is 1.19. The summed E-state index contributed by atoms with van der Waals surface area (Å²) < 4.78 is 5.70. The first-order chi connectivity index (χ1) is 12.0. The molecule has 134 valence electrons. The van der Waals surface area contributed by atoms with E-state index in [2.05, 4.69) is 34.0 Å². The molecule has 0 aliphatic heterocycles. The van der Waals surface area contributed by atoms with Gasteiger partial charge in [0, 0.05) is 25.0 Å². The van der Waals surface area contributed by atoms with Crippen molar-refractivity contribution in [3.05, 3.63) is 48.4 Å². The standard InChI is InChI=1S/C19H26N4O2/c1-14(2)11-15(23(3)4)12-22-18(24)17-8-6-10-21-19(17)25-16-7-5-9-20-13-16/h5-10,13-15H,11-12H2,1-4H3,(H,22,24). The number of rotatable bonds is 8. The van der Waals surface area contributed by atoms with E-state index >= 15 is 0 Å². The summed E-state index contributed by atoms with van der Waals surface area (Å²) in [5.41, 5.74) is 0.411. The molecule has 0 aromatic carbocycles. The van der Waals surface area contributed by atoms with Gasteiger partial charge in [-0.05, 0) is 50.7 Å². The first kappa shape index (κ1) is 18.9. The molecule has 0 aliphatic carbocycles. The summed E-state index contributed by atoms with van der Waals surface area (Å²) in [5, 5.41) is 3.00. The van der Waals surface area contributed by atoms with Crippen molar-refractivity contribution in [3.63, 3.8) is 0 Å². The second-order valence-corrected chi connectivity index (χ2v) is 6.60. The number of ether oxygens (including phenoxy) is 1. The zero-order valence-electron chi connectivity index (χ0n) is 15.3. The zero-order valence-corrected chi connectivity index (χ0v) is 15.3. The summed E-state index contributed by atoms with van der Waals surface area (Å²) in [6, 6.07) is 7.26. The SMILES string of the molecule is CC(C)CC(CNC(=O)c1cccnc1Oc1cccnc1)N(C)C. The van der Waals surface area contributed by atoms with Gasteiger partial charge in [0.05, 0.1) is 6.20 Å². The zero-order chi connectivity index (χ0) is 18.2. The van der Waals surface area contributed by atoms with Crippen LogP contribution in [0.3, 0.4) is 0 Å². The van der Waals surface area contributed by atoms with Crippen LogP contribution in [0.1, 0.15) is 30.6 Å². The summed E-state index contributed by atoms with van der Waals surface area (Å²) in [4.78, 5) is 22.9. The topological polar surface area (TPSA) is 67.3 Å². The van der Waals surface area contributed by atoms with Gasteiger partial charge in [0.2, 0.25) is 5.88 Å². The molecule has 0 radical (unpaired) electrons. The predicted molar refractivity (Wildman–Crippen MR) is 97.8 cm³/mol. The molecule has 1 N–H and O–H groups in total. The average molecular weight is 342 g/mol. The average Bonchev–Trinajstić information content (AvgIpc) is 2.59. The minimum absolute atomic E-state index is 0.192. The van der Waals surface area contributed by atoms with Crippen molar-refractivity contribution >= 4 is 5.91 Å². The van der Waals surface area contributed by atoms with E-state index in [1.165, 1.54) is 0 Å². The number of nitrogens with one attached hydrogen (secondary N) is 1. The molecule has 1 atom stereocenters. The lowest BCUT2D eigenvalue weighted by atomic mass is 10.0. The Balaban J connectivity index is 2.06. The second kappa shape index (κ2) is 9.13. The highest BCUT2D eigenvalue weighted by atomic mass is 16.5. The Hall–Kier alpha value is -2.47. The fourth-order valence-corrected chi connectivity index (χ4v) is 2.49. The number of hydrogen-bond donors (Lipinski definition) is 1. The predicted octanol–water partition coefficient (Wildman–Crippen LogP) is 2.98. The maximum atomic E-state index is 12.6. The van der Waals surface area contributed by atoms with Gasteiger partial charge in [-0.2, -0.15) is 0 Å². The fourth-order valence-electron chi connectivity index (χ4n) is 2.49. The second-order valence-electron chi connectivity index (χ2n) is 6.60. The quantitative estimate of drug-likeness (QED) is 0.799. The first-order valence-corrected chi connectivity index (χ1v) is 8.45. The third-order valence-electron chi connectivity index (χ3n) is 3.84. The van der Waals surface area contributed by atoms with Crippen LogP contribution in [0.2, 0.25) is 0 Å². The van der Waals surface area contributed by atoms with E-state index in [0.29, 0.717) is 23.8 Å². The summed E-state index contributed by atoms with van der Waals surface area (Å²) in [6.45, 7) is 4.93. The molecule has 0 bridgehead atoms. The van der Waals surface area contributed by atoms with E-state index in [-0.39, 0.29) is 17.8 Å². The van der Waals surface area contributed by atoms with E-state index < -0.39 is 0 Å². The molecule has 0 saturated carbocycles. The third kappa shape index (κ3) is 5.83. The molecule has 6 nitrogen and oxygen atoms in total. The Labute approximate surface area is 149 Å².